The van der Waals surface area contributed by atoms with Crippen LogP contribution in [0.1, 0.15) is 27.7 Å². The third-order valence-electron chi connectivity index (χ3n) is 2.84. The van der Waals surface area contributed by atoms with E-state index in [1.807, 2.05) is 0 Å². The Morgan fingerprint density at radius 1 is 0.958 bits per heavy atom. The maximum absolute atomic E-state index is 11.9. The molecule has 0 unspecified atom stereocenters. The van der Waals surface area contributed by atoms with Crippen molar-refractivity contribution >= 4 is 29.8 Å². The maximum Gasteiger partial charge on any atom is 0.352 e. The second kappa shape index (κ2) is 8.27. The van der Waals surface area contributed by atoms with E-state index in [-0.39, 0.29) is 0 Å². The Bertz CT molecular complexity index is 540. The van der Waals surface area contributed by atoms with Gasteiger partial charge in [-0.1, -0.05) is 0 Å². The third kappa shape index (κ3) is 5.52. The minimum Gasteiger partial charge on any atom is -0.462 e. The minimum atomic E-state index is -1.51. The molecule has 10 nitrogen and oxygen atoms in total. The molecule has 0 amide bonds. The lowest BCUT2D eigenvalue weighted by atomic mass is 10.1. The number of hydrogen-bond donors (Lipinski definition) is 0. The van der Waals surface area contributed by atoms with E-state index in [1.54, 1.807) is 0 Å². The summed E-state index contributed by atoms with van der Waals surface area (Å²) >= 11 is 0. The molecule has 0 aliphatic carbocycles. The highest BCUT2D eigenvalue weighted by Crippen LogP contribution is 2.27. The fraction of sp³-hybridized carbons (Fsp3) is 0.643. The zero-order chi connectivity index (χ0) is 18.4. The fourth-order valence-corrected chi connectivity index (χ4v) is 2.09. The molecule has 0 aromatic carbocycles. The molecule has 0 radical (unpaired) electrons. The molecule has 1 aliphatic rings. The Kier molecular flexibility index (Phi) is 6.69. The molecule has 10 heteroatoms. The Labute approximate surface area is 137 Å². The van der Waals surface area contributed by atoms with E-state index in [1.165, 1.54) is 0 Å². The van der Waals surface area contributed by atoms with Crippen molar-refractivity contribution in [3.05, 3.63) is 0 Å². The van der Waals surface area contributed by atoms with Gasteiger partial charge in [-0.25, -0.2) is 4.79 Å². The molecule has 1 saturated heterocycles. The SMILES string of the molecule is CC(=O)OC[C@@H](OC(C)=O)[C@@H]1OC(=O)[C@@H](OC(C)=O)[C@H]1OC(C)=O. The largest absolute Gasteiger partial charge is 0.462 e. The summed E-state index contributed by atoms with van der Waals surface area (Å²) in [6.07, 6.45) is -5.39. The van der Waals surface area contributed by atoms with E-state index < -0.39 is 60.9 Å². The first kappa shape index (κ1) is 19.4. The quantitative estimate of drug-likeness (QED) is 0.448. The molecule has 24 heavy (non-hydrogen) atoms. The lowest BCUT2D eigenvalue weighted by Gasteiger charge is -2.26. The number of rotatable bonds is 6. The number of hydrogen-bond acceptors (Lipinski definition) is 10. The topological polar surface area (TPSA) is 132 Å². The smallest absolute Gasteiger partial charge is 0.352 e. The van der Waals surface area contributed by atoms with E-state index in [2.05, 4.69) is 0 Å². The van der Waals surface area contributed by atoms with Crippen LogP contribution in [0.4, 0.5) is 0 Å². The summed E-state index contributed by atoms with van der Waals surface area (Å²) in [7, 11) is 0. The van der Waals surface area contributed by atoms with E-state index in [4.69, 9.17) is 23.7 Å². The van der Waals surface area contributed by atoms with Gasteiger partial charge in [0, 0.05) is 27.7 Å². The van der Waals surface area contributed by atoms with E-state index in [0.29, 0.717) is 0 Å². The second-order valence-electron chi connectivity index (χ2n) is 4.96. The molecule has 0 aromatic heterocycles. The molecule has 1 rings (SSSR count). The van der Waals surface area contributed by atoms with Crippen molar-refractivity contribution in [3.63, 3.8) is 0 Å². The third-order valence-corrected chi connectivity index (χ3v) is 2.84. The van der Waals surface area contributed by atoms with Crippen molar-refractivity contribution in [1.29, 1.82) is 0 Å². The van der Waals surface area contributed by atoms with Crippen LogP contribution < -0.4 is 0 Å². The number of esters is 5. The van der Waals surface area contributed by atoms with Gasteiger partial charge in [0.2, 0.25) is 6.10 Å². The van der Waals surface area contributed by atoms with Gasteiger partial charge in [0.15, 0.2) is 18.3 Å². The molecule has 1 aliphatic heterocycles. The van der Waals surface area contributed by atoms with Crippen molar-refractivity contribution in [2.75, 3.05) is 6.61 Å². The first-order valence-corrected chi connectivity index (χ1v) is 6.97. The lowest BCUT2D eigenvalue weighted by molar-refractivity contribution is -0.177. The molecule has 0 aromatic rings. The number of carbonyl (C=O) groups excluding carboxylic acids is 5. The van der Waals surface area contributed by atoms with Crippen LogP contribution in [0, 0.1) is 0 Å². The highest BCUT2D eigenvalue weighted by Gasteiger charge is 2.54. The standard InChI is InChI=1S/C14H18O10/c1-6(15)20-5-10(21-7(2)16)11-12(22-8(3)17)13(14(19)24-11)23-9(4)18/h10-13H,5H2,1-4H3/t10-,11+,12+,13+/m1/s1. The van der Waals surface area contributed by atoms with Crippen LogP contribution in [0.3, 0.4) is 0 Å². The Morgan fingerprint density at radius 2 is 1.54 bits per heavy atom. The van der Waals surface area contributed by atoms with Crippen LogP contribution in [0.2, 0.25) is 0 Å². The zero-order valence-corrected chi connectivity index (χ0v) is 13.6. The highest BCUT2D eigenvalue weighted by atomic mass is 16.7. The summed E-state index contributed by atoms with van der Waals surface area (Å²) in [6.45, 7) is 3.95. The van der Waals surface area contributed by atoms with Gasteiger partial charge in [0.25, 0.3) is 0 Å². The summed E-state index contributed by atoms with van der Waals surface area (Å²) < 4.78 is 24.6. The van der Waals surface area contributed by atoms with Crippen LogP contribution in [-0.4, -0.2) is 60.9 Å². The Hall–Kier alpha value is -2.65. The monoisotopic (exact) mass is 346 g/mol. The zero-order valence-electron chi connectivity index (χ0n) is 13.6. The normalized spacial score (nSPS) is 23.7. The van der Waals surface area contributed by atoms with Gasteiger partial charge in [-0.05, 0) is 0 Å². The fourth-order valence-electron chi connectivity index (χ4n) is 2.09. The number of ether oxygens (including phenoxy) is 5. The van der Waals surface area contributed by atoms with Crippen LogP contribution in [0.5, 0.6) is 0 Å². The van der Waals surface area contributed by atoms with Crippen LogP contribution in [-0.2, 0) is 47.7 Å². The molecule has 1 fully saturated rings. The van der Waals surface area contributed by atoms with Crippen molar-refractivity contribution in [2.45, 2.75) is 52.1 Å². The number of cyclic esters (lactones) is 1. The first-order chi connectivity index (χ1) is 11.1. The summed E-state index contributed by atoms with van der Waals surface area (Å²) in [4.78, 5) is 56.5. The van der Waals surface area contributed by atoms with Gasteiger partial charge in [0.1, 0.15) is 6.61 Å². The van der Waals surface area contributed by atoms with Crippen LogP contribution in [0.15, 0.2) is 0 Å². The van der Waals surface area contributed by atoms with Gasteiger partial charge >= 0.3 is 29.8 Å². The average molecular weight is 346 g/mol. The van der Waals surface area contributed by atoms with Gasteiger partial charge in [-0.2, -0.15) is 0 Å². The minimum absolute atomic E-state index is 0.433. The van der Waals surface area contributed by atoms with E-state index in [0.717, 1.165) is 27.7 Å². The predicted molar refractivity (Wildman–Crippen MR) is 73.2 cm³/mol. The Balaban J connectivity index is 3.05. The molecule has 1 heterocycles. The second-order valence-corrected chi connectivity index (χ2v) is 4.96. The van der Waals surface area contributed by atoms with Gasteiger partial charge < -0.3 is 23.7 Å². The summed E-state index contributed by atoms with van der Waals surface area (Å²) in [5.74, 6) is -3.92. The molecule has 4 atom stereocenters. The van der Waals surface area contributed by atoms with Crippen molar-refractivity contribution in [1.82, 2.24) is 0 Å². The molecular formula is C14H18O10. The van der Waals surface area contributed by atoms with E-state index in [9.17, 15) is 24.0 Å². The first-order valence-electron chi connectivity index (χ1n) is 6.97. The highest BCUT2D eigenvalue weighted by molar-refractivity contribution is 5.82. The molecule has 0 spiro atoms. The average Bonchev–Trinajstić information content (AvgIpc) is 2.70. The molecular weight excluding hydrogens is 328 g/mol. The maximum atomic E-state index is 11.9. The Morgan fingerprint density at radius 3 is 2.00 bits per heavy atom. The summed E-state index contributed by atoms with van der Waals surface area (Å²) in [6, 6.07) is 0. The van der Waals surface area contributed by atoms with Crippen LogP contribution >= 0.6 is 0 Å². The summed E-state index contributed by atoms with van der Waals surface area (Å²) in [5.41, 5.74) is 0. The van der Waals surface area contributed by atoms with Gasteiger partial charge in [-0.15, -0.1) is 0 Å². The van der Waals surface area contributed by atoms with Crippen LogP contribution in [0.25, 0.3) is 0 Å². The molecule has 0 bridgehead atoms. The lowest BCUT2D eigenvalue weighted by Crippen LogP contribution is -2.46. The van der Waals surface area contributed by atoms with Crippen molar-refractivity contribution in [2.24, 2.45) is 0 Å². The van der Waals surface area contributed by atoms with Crippen molar-refractivity contribution in [3.8, 4) is 0 Å². The molecule has 0 N–H and O–H groups in total. The predicted octanol–water partition coefficient (Wildman–Crippen LogP) is -0.730. The number of carbonyl (C=O) groups is 5. The molecule has 0 saturated carbocycles. The van der Waals surface area contributed by atoms with E-state index >= 15 is 0 Å². The van der Waals surface area contributed by atoms with Gasteiger partial charge in [-0.3, -0.25) is 19.2 Å². The molecule has 134 valence electrons. The van der Waals surface area contributed by atoms with Crippen molar-refractivity contribution < 1.29 is 47.7 Å². The van der Waals surface area contributed by atoms with Gasteiger partial charge in [0.05, 0.1) is 0 Å². The summed E-state index contributed by atoms with van der Waals surface area (Å²) in [5, 5.41) is 0.